The first-order chi connectivity index (χ1) is 10.1. The fourth-order valence-electron chi connectivity index (χ4n) is 2.30. The second-order valence-corrected chi connectivity index (χ2v) is 5.81. The van der Waals surface area contributed by atoms with Crippen LogP contribution in [0.15, 0.2) is 23.4 Å². The SMILES string of the molecule is COCCCCn1c(SCC(=O)O)nc2cccc(C)c21. The van der Waals surface area contributed by atoms with Crippen LogP contribution in [0, 0.1) is 6.92 Å². The minimum Gasteiger partial charge on any atom is -0.481 e. The van der Waals surface area contributed by atoms with E-state index in [1.807, 2.05) is 12.1 Å². The minimum absolute atomic E-state index is 0.0282. The van der Waals surface area contributed by atoms with Crippen molar-refractivity contribution in [3.63, 3.8) is 0 Å². The van der Waals surface area contributed by atoms with Crippen molar-refractivity contribution in [1.29, 1.82) is 0 Å². The van der Waals surface area contributed by atoms with E-state index in [-0.39, 0.29) is 5.75 Å². The average Bonchev–Trinajstić information content (AvgIpc) is 2.80. The molecule has 0 aliphatic heterocycles. The number of carboxylic acid groups (broad SMARTS) is 1. The summed E-state index contributed by atoms with van der Waals surface area (Å²) in [6.45, 7) is 3.62. The van der Waals surface area contributed by atoms with Crippen LogP contribution in [0.4, 0.5) is 0 Å². The van der Waals surface area contributed by atoms with Crippen molar-refractivity contribution >= 4 is 28.8 Å². The number of aliphatic carboxylic acids is 1. The summed E-state index contributed by atoms with van der Waals surface area (Å²) in [6.07, 6.45) is 1.96. The van der Waals surface area contributed by atoms with Crippen LogP contribution in [0.1, 0.15) is 18.4 Å². The maximum atomic E-state index is 10.8. The van der Waals surface area contributed by atoms with Crippen LogP contribution in [0.2, 0.25) is 0 Å². The van der Waals surface area contributed by atoms with Gasteiger partial charge in [-0.05, 0) is 31.4 Å². The lowest BCUT2D eigenvalue weighted by molar-refractivity contribution is -0.133. The smallest absolute Gasteiger partial charge is 0.313 e. The highest BCUT2D eigenvalue weighted by molar-refractivity contribution is 7.99. The Bertz CT molecular complexity index is 625. The predicted molar refractivity (Wildman–Crippen MR) is 83.9 cm³/mol. The standard InChI is InChI=1S/C15H20N2O3S/c1-11-6-5-7-12-14(11)17(8-3-4-9-20-2)15(16-12)21-10-13(18)19/h5-7H,3-4,8-10H2,1-2H3,(H,18,19). The molecule has 1 aromatic heterocycles. The molecule has 1 N–H and O–H groups in total. The highest BCUT2D eigenvalue weighted by atomic mass is 32.2. The third-order valence-corrected chi connectivity index (χ3v) is 4.20. The Kier molecular flexibility index (Phi) is 5.64. The van der Waals surface area contributed by atoms with E-state index in [0.717, 1.165) is 47.7 Å². The summed E-state index contributed by atoms with van der Waals surface area (Å²) >= 11 is 1.27. The number of rotatable bonds is 8. The second-order valence-electron chi connectivity index (χ2n) is 4.87. The van der Waals surface area contributed by atoms with Gasteiger partial charge >= 0.3 is 5.97 Å². The van der Waals surface area contributed by atoms with Crippen LogP contribution < -0.4 is 0 Å². The molecule has 6 heteroatoms. The number of hydrogen-bond acceptors (Lipinski definition) is 4. The summed E-state index contributed by atoms with van der Waals surface area (Å²) in [5, 5.41) is 9.64. The van der Waals surface area contributed by atoms with Gasteiger partial charge in [0, 0.05) is 20.3 Å². The topological polar surface area (TPSA) is 64.3 Å². The maximum Gasteiger partial charge on any atom is 0.313 e. The van der Waals surface area contributed by atoms with Crippen LogP contribution in [0.25, 0.3) is 11.0 Å². The lowest BCUT2D eigenvalue weighted by atomic mass is 10.2. The molecule has 0 bridgehead atoms. The molecule has 0 amide bonds. The van der Waals surface area contributed by atoms with Gasteiger partial charge in [-0.3, -0.25) is 4.79 Å². The van der Waals surface area contributed by atoms with Gasteiger partial charge in [-0.25, -0.2) is 4.98 Å². The van der Waals surface area contributed by atoms with Gasteiger partial charge < -0.3 is 14.4 Å². The van der Waals surface area contributed by atoms with Crippen LogP contribution in [0.3, 0.4) is 0 Å². The third kappa shape index (κ3) is 3.98. The molecule has 114 valence electrons. The van der Waals surface area contributed by atoms with Crippen LogP contribution in [-0.4, -0.2) is 40.1 Å². The van der Waals surface area contributed by atoms with E-state index in [2.05, 4.69) is 22.5 Å². The van der Waals surface area contributed by atoms with E-state index < -0.39 is 5.97 Å². The molecule has 0 radical (unpaired) electrons. The maximum absolute atomic E-state index is 10.8. The fraction of sp³-hybridized carbons (Fsp3) is 0.467. The molecule has 1 aromatic carbocycles. The van der Waals surface area contributed by atoms with Crippen molar-refractivity contribution < 1.29 is 14.6 Å². The lowest BCUT2D eigenvalue weighted by Crippen LogP contribution is -2.05. The van der Waals surface area contributed by atoms with Crippen LogP contribution in [-0.2, 0) is 16.1 Å². The van der Waals surface area contributed by atoms with Gasteiger partial charge in [0.25, 0.3) is 0 Å². The lowest BCUT2D eigenvalue weighted by Gasteiger charge is -2.09. The Labute approximate surface area is 128 Å². The molecule has 5 nitrogen and oxygen atoms in total. The number of methoxy groups -OCH3 is 1. The quantitative estimate of drug-likeness (QED) is 0.600. The third-order valence-electron chi connectivity index (χ3n) is 3.24. The van der Waals surface area contributed by atoms with Crippen LogP contribution >= 0.6 is 11.8 Å². The molecule has 0 fully saturated rings. The number of hydrogen-bond donors (Lipinski definition) is 1. The Balaban J connectivity index is 2.27. The van der Waals surface area contributed by atoms with Gasteiger partial charge in [-0.1, -0.05) is 23.9 Å². The number of fused-ring (bicyclic) bond motifs is 1. The van der Waals surface area contributed by atoms with Gasteiger partial charge in [0.05, 0.1) is 16.8 Å². The normalized spacial score (nSPS) is 11.1. The van der Waals surface area contributed by atoms with E-state index >= 15 is 0 Å². The number of unbranched alkanes of at least 4 members (excludes halogenated alkanes) is 1. The van der Waals surface area contributed by atoms with Gasteiger partial charge in [-0.2, -0.15) is 0 Å². The number of carbonyl (C=O) groups is 1. The van der Waals surface area contributed by atoms with E-state index in [1.165, 1.54) is 11.8 Å². The van der Waals surface area contributed by atoms with Crippen molar-refractivity contribution in [2.75, 3.05) is 19.5 Å². The first kappa shape index (κ1) is 15.9. The summed E-state index contributed by atoms with van der Waals surface area (Å²) in [5.74, 6) is -0.796. The monoisotopic (exact) mass is 308 g/mol. The summed E-state index contributed by atoms with van der Waals surface area (Å²) in [4.78, 5) is 15.4. The predicted octanol–water partition coefficient (Wildman–Crippen LogP) is 2.95. The minimum atomic E-state index is -0.824. The van der Waals surface area contributed by atoms with E-state index in [0.29, 0.717) is 0 Å². The summed E-state index contributed by atoms with van der Waals surface area (Å²) < 4.78 is 7.21. The fourth-order valence-corrected chi connectivity index (χ4v) is 3.06. The second kappa shape index (κ2) is 7.47. The number of imidazole rings is 1. The Morgan fingerprint density at radius 3 is 2.95 bits per heavy atom. The van der Waals surface area contributed by atoms with Crippen LogP contribution in [0.5, 0.6) is 0 Å². The summed E-state index contributed by atoms with van der Waals surface area (Å²) in [6, 6.07) is 6.01. The molecular formula is C15H20N2O3S. The van der Waals surface area contributed by atoms with E-state index in [1.54, 1.807) is 7.11 Å². The molecular weight excluding hydrogens is 288 g/mol. The number of nitrogens with zero attached hydrogens (tertiary/aromatic N) is 2. The molecule has 0 atom stereocenters. The molecule has 2 aromatic rings. The van der Waals surface area contributed by atoms with Crippen molar-refractivity contribution in [2.45, 2.75) is 31.5 Å². The van der Waals surface area contributed by atoms with Crippen molar-refractivity contribution in [2.24, 2.45) is 0 Å². The average molecular weight is 308 g/mol. The number of carboxylic acids is 1. The number of aromatic nitrogens is 2. The molecule has 0 aliphatic carbocycles. The van der Waals surface area contributed by atoms with Gasteiger partial charge in [0.2, 0.25) is 0 Å². The molecule has 0 spiro atoms. The summed E-state index contributed by atoms with van der Waals surface area (Å²) in [5.41, 5.74) is 3.19. The van der Waals surface area contributed by atoms with Crippen molar-refractivity contribution in [3.05, 3.63) is 23.8 Å². The molecule has 0 saturated heterocycles. The number of aryl methyl sites for hydroxylation is 2. The number of ether oxygens (including phenoxy) is 1. The summed E-state index contributed by atoms with van der Waals surface area (Å²) in [7, 11) is 1.70. The van der Waals surface area contributed by atoms with Crippen molar-refractivity contribution in [1.82, 2.24) is 9.55 Å². The zero-order valence-electron chi connectivity index (χ0n) is 12.3. The Hall–Kier alpha value is -1.53. The van der Waals surface area contributed by atoms with E-state index in [4.69, 9.17) is 9.84 Å². The van der Waals surface area contributed by atoms with Gasteiger partial charge in [-0.15, -0.1) is 0 Å². The highest BCUT2D eigenvalue weighted by Gasteiger charge is 2.13. The Morgan fingerprint density at radius 1 is 1.43 bits per heavy atom. The molecule has 1 heterocycles. The first-order valence-corrected chi connectivity index (χ1v) is 7.91. The zero-order chi connectivity index (χ0) is 15.2. The van der Waals surface area contributed by atoms with E-state index in [9.17, 15) is 4.79 Å². The Morgan fingerprint density at radius 2 is 2.24 bits per heavy atom. The molecule has 0 saturated carbocycles. The molecule has 2 rings (SSSR count). The zero-order valence-corrected chi connectivity index (χ0v) is 13.2. The number of benzene rings is 1. The number of thioether (sulfide) groups is 1. The van der Waals surface area contributed by atoms with Gasteiger partial charge in [0.15, 0.2) is 5.16 Å². The molecule has 21 heavy (non-hydrogen) atoms. The van der Waals surface area contributed by atoms with Crippen molar-refractivity contribution in [3.8, 4) is 0 Å². The molecule has 0 aliphatic rings. The molecule has 0 unspecified atom stereocenters. The van der Waals surface area contributed by atoms with Gasteiger partial charge in [0.1, 0.15) is 0 Å². The number of para-hydroxylation sites is 1. The first-order valence-electron chi connectivity index (χ1n) is 6.93. The largest absolute Gasteiger partial charge is 0.481 e. The highest BCUT2D eigenvalue weighted by Crippen LogP contribution is 2.26.